The van der Waals surface area contributed by atoms with Crippen LogP contribution >= 0.6 is 0 Å². The normalized spacial score (nSPS) is 21.7. The standard InChI is InChI=1S/C13H17BN2O2/c1-12(2)13(3,4)18-14(17-12)10-9-15-11-7-5-6-8-16(10)11/h5-9H,1-4H3. The number of aromatic nitrogens is 2. The summed E-state index contributed by atoms with van der Waals surface area (Å²) in [7, 11) is -0.368. The fourth-order valence-corrected chi connectivity index (χ4v) is 2.09. The molecule has 3 heterocycles. The van der Waals surface area contributed by atoms with Gasteiger partial charge < -0.3 is 13.7 Å². The van der Waals surface area contributed by atoms with Crippen LogP contribution < -0.4 is 5.59 Å². The average Bonchev–Trinajstić information content (AvgIpc) is 2.78. The van der Waals surface area contributed by atoms with Crippen molar-refractivity contribution in [1.82, 2.24) is 9.38 Å². The van der Waals surface area contributed by atoms with E-state index < -0.39 is 0 Å². The Labute approximate surface area is 107 Å². The molecule has 0 unspecified atom stereocenters. The van der Waals surface area contributed by atoms with Gasteiger partial charge in [-0.25, -0.2) is 4.98 Å². The van der Waals surface area contributed by atoms with E-state index in [1.165, 1.54) is 0 Å². The van der Waals surface area contributed by atoms with Crippen molar-refractivity contribution in [2.75, 3.05) is 0 Å². The van der Waals surface area contributed by atoms with Crippen molar-refractivity contribution in [3.63, 3.8) is 0 Å². The van der Waals surface area contributed by atoms with E-state index in [0.717, 1.165) is 11.2 Å². The SMILES string of the molecule is CC1(C)OB(c2cnc3ccccn23)OC1(C)C. The Morgan fingerprint density at radius 2 is 1.78 bits per heavy atom. The molecule has 0 aliphatic carbocycles. The molecule has 1 aliphatic rings. The Hall–Kier alpha value is -1.33. The summed E-state index contributed by atoms with van der Waals surface area (Å²) in [6, 6.07) is 5.91. The van der Waals surface area contributed by atoms with Crippen molar-refractivity contribution in [3.8, 4) is 0 Å². The lowest BCUT2D eigenvalue weighted by molar-refractivity contribution is 0.00578. The largest absolute Gasteiger partial charge is 0.514 e. The van der Waals surface area contributed by atoms with E-state index in [0.29, 0.717) is 0 Å². The maximum absolute atomic E-state index is 6.03. The number of nitrogens with zero attached hydrogens (tertiary/aromatic N) is 2. The molecule has 5 heteroatoms. The summed E-state index contributed by atoms with van der Waals surface area (Å²) in [4.78, 5) is 4.36. The van der Waals surface area contributed by atoms with Gasteiger partial charge in [0.15, 0.2) is 0 Å². The van der Waals surface area contributed by atoms with Gasteiger partial charge in [0.05, 0.1) is 16.8 Å². The highest BCUT2D eigenvalue weighted by molar-refractivity contribution is 6.61. The molecule has 0 atom stereocenters. The number of hydrogen-bond acceptors (Lipinski definition) is 3. The third-order valence-electron chi connectivity index (χ3n) is 3.94. The van der Waals surface area contributed by atoms with Crippen molar-refractivity contribution in [3.05, 3.63) is 30.6 Å². The third kappa shape index (κ3) is 1.58. The smallest absolute Gasteiger partial charge is 0.398 e. The highest BCUT2D eigenvalue weighted by atomic mass is 16.7. The Morgan fingerprint density at radius 1 is 1.11 bits per heavy atom. The van der Waals surface area contributed by atoms with Crippen molar-refractivity contribution < 1.29 is 9.31 Å². The number of fused-ring (bicyclic) bond motifs is 1. The topological polar surface area (TPSA) is 35.8 Å². The van der Waals surface area contributed by atoms with Crippen LogP contribution in [0.3, 0.4) is 0 Å². The van der Waals surface area contributed by atoms with Gasteiger partial charge in [0.2, 0.25) is 0 Å². The van der Waals surface area contributed by atoms with Gasteiger partial charge >= 0.3 is 7.12 Å². The van der Waals surface area contributed by atoms with Crippen LogP contribution in [0.1, 0.15) is 27.7 Å². The summed E-state index contributed by atoms with van der Waals surface area (Å²) in [5, 5.41) is 0. The average molecular weight is 244 g/mol. The first-order chi connectivity index (χ1) is 8.41. The number of hydrogen-bond donors (Lipinski definition) is 0. The molecule has 2 aromatic rings. The quantitative estimate of drug-likeness (QED) is 0.715. The van der Waals surface area contributed by atoms with Crippen LogP contribution in [-0.4, -0.2) is 27.7 Å². The zero-order valence-corrected chi connectivity index (χ0v) is 11.2. The maximum Gasteiger partial charge on any atom is 0.514 e. The van der Waals surface area contributed by atoms with E-state index >= 15 is 0 Å². The van der Waals surface area contributed by atoms with Crippen molar-refractivity contribution in [2.24, 2.45) is 0 Å². The summed E-state index contributed by atoms with van der Waals surface area (Å²) in [6.07, 6.45) is 3.79. The second-order valence-electron chi connectivity index (χ2n) is 5.70. The molecule has 0 spiro atoms. The van der Waals surface area contributed by atoms with Gasteiger partial charge in [-0.05, 0) is 39.8 Å². The van der Waals surface area contributed by atoms with Crippen LogP contribution in [0.25, 0.3) is 5.65 Å². The molecule has 0 saturated carbocycles. The van der Waals surface area contributed by atoms with Crippen LogP contribution in [-0.2, 0) is 9.31 Å². The molecule has 1 fully saturated rings. The van der Waals surface area contributed by atoms with Gasteiger partial charge in [-0.15, -0.1) is 0 Å². The van der Waals surface area contributed by atoms with Crippen molar-refractivity contribution >= 4 is 18.4 Å². The zero-order chi connectivity index (χ0) is 13.0. The van der Waals surface area contributed by atoms with Crippen LogP contribution in [0, 0.1) is 0 Å². The monoisotopic (exact) mass is 244 g/mol. The summed E-state index contributed by atoms with van der Waals surface area (Å²) in [5.41, 5.74) is 1.19. The van der Waals surface area contributed by atoms with Gasteiger partial charge in [-0.2, -0.15) is 0 Å². The molecule has 4 nitrogen and oxygen atoms in total. The Morgan fingerprint density at radius 3 is 2.44 bits per heavy atom. The summed E-state index contributed by atoms with van der Waals surface area (Å²) in [6.45, 7) is 8.21. The van der Waals surface area contributed by atoms with Gasteiger partial charge in [-0.3, -0.25) is 0 Å². The number of pyridine rings is 1. The van der Waals surface area contributed by atoms with Gasteiger partial charge in [0.1, 0.15) is 5.65 Å². The highest BCUT2D eigenvalue weighted by Crippen LogP contribution is 2.36. The van der Waals surface area contributed by atoms with Gasteiger partial charge in [-0.1, -0.05) is 6.07 Å². The predicted molar refractivity (Wildman–Crippen MR) is 70.9 cm³/mol. The molecule has 1 aliphatic heterocycles. The summed E-state index contributed by atoms with van der Waals surface area (Å²) in [5.74, 6) is 0. The first-order valence-corrected chi connectivity index (χ1v) is 6.18. The van der Waals surface area contributed by atoms with Gasteiger partial charge in [0, 0.05) is 12.4 Å². The molecule has 0 radical (unpaired) electrons. The minimum atomic E-state index is -0.368. The maximum atomic E-state index is 6.03. The Kier molecular flexibility index (Phi) is 2.34. The molecular formula is C13H17BN2O2. The molecule has 94 valence electrons. The first kappa shape index (κ1) is 11.7. The lowest BCUT2D eigenvalue weighted by Gasteiger charge is -2.32. The van der Waals surface area contributed by atoms with E-state index in [2.05, 4.69) is 32.7 Å². The molecule has 0 bridgehead atoms. The highest BCUT2D eigenvalue weighted by Gasteiger charge is 2.52. The second-order valence-corrected chi connectivity index (χ2v) is 5.70. The molecule has 0 N–H and O–H groups in total. The molecular weight excluding hydrogens is 227 g/mol. The van der Waals surface area contributed by atoms with E-state index in [-0.39, 0.29) is 18.3 Å². The third-order valence-corrected chi connectivity index (χ3v) is 3.94. The molecule has 18 heavy (non-hydrogen) atoms. The first-order valence-electron chi connectivity index (χ1n) is 6.18. The second kappa shape index (κ2) is 3.59. The van der Waals surface area contributed by atoms with E-state index in [1.54, 1.807) is 0 Å². The number of imidazole rings is 1. The molecule has 3 rings (SSSR count). The molecule has 2 aromatic heterocycles. The minimum absolute atomic E-state index is 0.323. The van der Waals surface area contributed by atoms with E-state index in [1.807, 2.05) is 35.0 Å². The van der Waals surface area contributed by atoms with Crippen molar-refractivity contribution in [1.29, 1.82) is 0 Å². The molecule has 0 amide bonds. The fraction of sp³-hybridized carbons (Fsp3) is 0.462. The van der Waals surface area contributed by atoms with Crippen LogP contribution in [0.15, 0.2) is 30.6 Å². The van der Waals surface area contributed by atoms with Crippen LogP contribution in [0.4, 0.5) is 0 Å². The van der Waals surface area contributed by atoms with Gasteiger partial charge in [0.25, 0.3) is 0 Å². The minimum Gasteiger partial charge on any atom is -0.398 e. The van der Waals surface area contributed by atoms with Crippen molar-refractivity contribution in [2.45, 2.75) is 38.9 Å². The lowest BCUT2D eigenvalue weighted by atomic mass is 9.85. The zero-order valence-electron chi connectivity index (χ0n) is 11.2. The summed E-state index contributed by atoms with van der Waals surface area (Å²) < 4.78 is 14.1. The van der Waals surface area contributed by atoms with E-state index in [4.69, 9.17) is 9.31 Å². The van der Waals surface area contributed by atoms with E-state index in [9.17, 15) is 0 Å². The van der Waals surface area contributed by atoms with Crippen LogP contribution in [0.2, 0.25) is 0 Å². The molecule has 1 saturated heterocycles. The van der Waals surface area contributed by atoms with Crippen LogP contribution in [0.5, 0.6) is 0 Å². The molecule has 0 aromatic carbocycles. The Balaban J connectivity index is 2.03. The lowest BCUT2D eigenvalue weighted by Crippen LogP contribution is -2.41. The predicted octanol–water partition coefficient (Wildman–Crippen LogP) is 1.63. The Bertz CT molecular complexity index is 575. The number of rotatable bonds is 1. The summed E-state index contributed by atoms with van der Waals surface area (Å²) >= 11 is 0. The fourth-order valence-electron chi connectivity index (χ4n) is 2.09.